The predicted octanol–water partition coefficient (Wildman–Crippen LogP) is 2.50. The molecule has 0 aliphatic carbocycles. The summed E-state index contributed by atoms with van der Waals surface area (Å²) in [5, 5.41) is 5.03. The molecule has 0 aliphatic heterocycles. The monoisotopic (exact) mass is 346 g/mol. The lowest BCUT2D eigenvalue weighted by molar-refractivity contribution is 0.646. The molecule has 0 radical (unpaired) electrons. The summed E-state index contributed by atoms with van der Waals surface area (Å²) in [6, 6.07) is 7.53. The van der Waals surface area contributed by atoms with Crippen LogP contribution in [0.4, 0.5) is 0 Å². The molecule has 0 atom stereocenters. The van der Waals surface area contributed by atoms with Crippen LogP contribution in [0, 0.1) is 0 Å². The van der Waals surface area contributed by atoms with Crippen molar-refractivity contribution in [2.75, 3.05) is 0 Å². The van der Waals surface area contributed by atoms with Crippen LogP contribution in [-0.4, -0.2) is 19.3 Å². The zero-order valence-corrected chi connectivity index (χ0v) is 13.5. The summed E-state index contributed by atoms with van der Waals surface area (Å²) >= 11 is 3.39. The van der Waals surface area contributed by atoms with Crippen molar-refractivity contribution in [3.05, 3.63) is 56.8 Å². The lowest BCUT2D eigenvalue weighted by Crippen LogP contribution is -2.22. The molecule has 0 amide bonds. The summed E-state index contributed by atoms with van der Waals surface area (Å²) in [5.74, 6) is 0. The van der Waals surface area contributed by atoms with E-state index < -0.39 is 0 Å². The van der Waals surface area contributed by atoms with Gasteiger partial charge >= 0.3 is 0 Å². The zero-order valence-electron chi connectivity index (χ0n) is 11.9. The summed E-state index contributed by atoms with van der Waals surface area (Å²) in [5.41, 5.74) is 2.68. The number of hydrogen-bond donors (Lipinski definition) is 0. The molecular formula is C15H15BrN4O. The quantitative estimate of drug-likeness (QED) is 0.732. The Labute approximate surface area is 130 Å². The number of aryl methyl sites for hydroxylation is 2. The fraction of sp³-hybridized carbons (Fsp3) is 0.267. The van der Waals surface area contributed by atoms with E-state index in [-0.39, 0.29) is 5.56 Å². The number of hydrogen-bond acceptors (Lipinski definition) is 3. The lowest BCUT2D eigenvalue weighted by Gasteiger charge is -2.07. The highest BCUT2D eigenvalue weighted by Crippen LogP contribution is 2.15. The minimum absolute atomic E-state index is 0.0354. The Morgan fingerprint density at radius 3 is 2.81 bits per heavy atom. The van der Waals surface area contributed by atoms with Crippen LogP contribution in [0.1, 0.15) is 18.3 Å². The highest BCUT2D eigenvalue weighted by Gasteiger charge is 2.08. The van der Waals surface area contributed by atoms with E-state index in [1.807, 2.05) is 29.9 Å². The van der Waals surface area contributed by atoms with Crippen molar-refractivity contribution in [3.63, 3.8) is 0 Å². The van der Waals surface area contributed by atoms with Crippen LogP contribution < -0.4 is 5.56 Å². The van der Waals surface area contributed by atoms with Crippen molar-refractivity contribution in [1.82, 2.24) is 19.3 Å². The summed E-state index contributed by atoms with van der Waals surface area (Å²) in [7, 11) is 1.89. The Bertz CT molecular complexity index is 866. The van der Waals surface area contributed by atoms with Gasteiger partial charge in [0, 0.05) is 11.5 Å². The summed E-state index contributed by atoms with van der Waals surface area (Å²) in [6.45, 7) is 2.54. The smallest absolute Gasteiger partial charge is 0.261 e. The number of halogens is 1. The van der Waals surface area contributed by atoms with Crippen molar-refractivity contribution in [3.8, 4) is 0 Å². The van der Waals surface area contributed by atoms with Crippen LogP contribution in [0.25, 0.3) is 10.9 Å². The highest BCUT2D eigenvalue weighted by atomic mass is 79.9. The third-order valence-corrected chi connectivity index (χ3v) is 4.00. The van der Waals surface area contributed by atoms with Gasteiger partial charge in [0.25, 0.3) is 5.56 Å². The van der Waals surface area contributed by atoms with Gasteiger partial charge in [0.2, 0.25) is 0 Å². The third-order valence-electron chi connectivity index (χ3n) is 3.51. The molecule has 0 fully saturated rings. The molecule has 5 nitrogen and oxygen atoms in total. The molecule has 0 N–H and O–H groups in total. The van der Waals surface area contributed by atoms with Gasteiger partial charge in [-0.2, -0.15) is 5.10 Å². The van der Waals surface area contributed by atoms with E-state index in [2.05, 4.69) is 32.9 Å². The fourth-order valence-electron chi connectivity index (χ4n) is 2.31. The van der Waals surface area contributed by atoms with E-state index in [1.165, 1.54) is 0 Å². The van der Waals surface area contributed by atoms with Crippen molar-refractivity contribution >= 4 is 26.8 Å². The first-order valence-corrected chi connectivity index (χ1v) is 7.54. The summed E-state index contributed by atoms with van der Waals surface area (Å²) in [6.07, 6.45) is 2.47. The van der Waals surface area contributed by atoms with Crippen molar-refractivity contribution in [1.29, 1.82) is 0 Å². The first kappa shape index (κ1) is 14.0. The SMILES string of the molecule is CCc1cc(Cn2cnc3cc(Br)ccc3c2=O)n(C)n1. The van der Waals surface area contributed by atoms with E-state index in [0.717, 1.165) is 22.3 Å². The molecule has 21 heavy (non-hydrogen) atoms. The Hall–Kier alpha value is -1.95. The summed E-state index contributed by atoms with van der Waals surface area (Å²) in [4.78, 5) is 16.9. The maximum atomic E-state index is 12.5. The molecule has 0 saturated carbocycles. The van der Waals surface area contributed by atoms with E-state index in [9.17, 15) is 4.79 Å². The molecule has 2 heterocycles. The highest BCUT2D eigenvalue weighted by molar-refractivity contribution is 9.10. The first-order chi connectivity index (χ1) is 10.1. The average Bonchev–Trinajstić information content (AvgIpc) is 2.82. The van der Waals surface area contributed by atoms with Gasteiger partial charge in [-0.1, -0.05) is 22.9 Å². The molecule has 3 aromatic rings. The van der Waals surface area contributed by atoms with Gasteiger partial charge in [-0.05, 0) is 30.7 Å². The van der Waals surface area contributed by atoms with E-state index >= 15 is 0 Å². The second kappa shape index (κ2) is 5.44. The second-order valence-electron chi connectivity index (χ2n) is 4.94. The average molecular weight is 347 g/mol. The van der Waals surface area contributed by atoms with Crippen molar-refractivity contribution < 1.29 is 0 Å². The normalized spacial score (nSPS) is 11.2. The number of nitrogens with zero attached hydrogens (tertiary/aromatic N) is 4. The minimum atomic E-state index is -0.0354. The van der Waals surface area contributed by atoms with Crippen LogP contribution in [0.15, 0.2) is 39.9 Å². The van der Waals surface area contributed by atoms with Crippen LogP contribution in [0.5, 0.6) is 0 Å². The fourth-order valence-corrected chi connectivity index (χ4v) is 2.66. The Morgan fingerprint density at radius 2 is 2.10 bits per heavy atom. The molecule has 1 aromatic carbocycles. The molecule has 6 heteroatoms. The van der Waals surface area contributed by atoms with E-state index in [4.69, 9.17) is 0 Å². The Balaban J connectivity index is 2.05. The van der Waals surface area contributed by atoms with E-state index in [1.54, 1.807) is 17.0 Å². The van der Waals surface area contributed by atoms with Crippen LogP contribution >= 0.6 is 15.9 Å². The topological polar surface area (TPSA) is 52.7 Å². The van der Waals surface area contributed by atoms with Crippen molar-refractivity contribution in [2.24, 2.45) is 7.05 Å². The van der Waals surface area contributed by atoms with Crippen LogP contribution in [0.2, 0.25) is 0 Å². The Kier molecular flexibility index (Phi) is 3.63. The molecule has 108 valence electrons. The van der Waals surface area contributed by atoms with Gasteiger partial charge in [-0.25, -0.2) is 4.98 Å². The number of aromatic nitrogens is 4. The van der Waals surface area contributed by atoms with Gasteiger partial charge < -0.3 is 0 Å². The molecular weight excluding hydrogens is 332 g/mol. The third kappa shape index (κ3) is 2.63. The van der Waals surface area contributed by atoms with Gasteiger partial charge in [-0.3, -0.25) is 14.0 Å². The van der Waals surface area contributed by atoms with Crippen LogP contribution in [-0.2, 0) is 20.0 Å². The predicted molar refractivity (Wildman–Crippen MR) is 85.4 cm³/mol. The van der Waals surface area contributed by atoms with Gasteiger partial charge in [0.1, 0.15) is 0 Å². The van der Waals surface area contributed by atoms with Crippen molar-refractivity contribution in [2.45, 2.75) is 19.9 Å². The van der Waals surface area contributed by atoms with Gasteiger partial charge in [0.15, 0.2) is 0 Å². The molecule has 2 aromatic heterocycles. The lowest BCUT2D eigenvalue weighted by atomic mass is 10.2. The van der Waals surface area contributed by atoms with Gasteiger partial charge in [0.05, 0.1) is 35.2 Å². The minimum Gasteiger partial charge on any atom is -0.293 e. The molecule has 0 aliphatic rings. The maximum Gasteiger partial charge on any atom is 0.261 e. The second-order valence-corrected chi connectivity index (χ2v) is 5.86. The van der Waals surface area contributed by atoms with Gasteiger partial charge in [-0.15, -0.1) is 0 Å². The Morgan fingerprint density at radius 1 is 1.29 bits per heavy atom. The molecule has 3 rings (SSSR count). The number of benzene rings is 1. The first-order valence-electron chi connectivity index (χ1n) is 6.75. The molecule has 0 spiro atoms. The standard InChI is InChI=1S/C15H15BrN4O/c1-3-11-7-12(19(2)18-11)8-20-9-17-14-6-10(16)4-5-13(14)15(20)21/h4-7,9H,3,8H2,1-2H3. The number of fused-ring (bicyclic) bond motifs is 1. The van der Waals surface area contributed by atoms with Crippen LogP contribution in [0.3, 0.4) is 0 Å². The number of rotatable bonds is 3. The van der Waals surface area contributed by atoms with E-state index in [0.29, 0.717) is 17.4 Å². The summed E-state index contributed by atoms with van der Waals surface area (Å²) < 4.78 is 4.35. The molecule has 0 unspecified atom stereocenters. The molecule has 0 bridgehead atoms. The zero-order chi connectivity index (χ0) is 15.0. The molecule has 0 saturated heterocycles. The maximum absolute atomic E-state index is 12.5. The largest absolute Gasteiger partial charge is 0.293 e.